The molecular formula is C13H18F3NO. The zero-order chi connectivity index (χ0) is 13.6. The second-order valence-electron chi connectivity index (χ2n) is 4.30. The van der Waals surface area contributed by atoms with Gasteiger partial charge in [0.05, 0.1) is 19.6 Å². The standard InChI is InChI=1S/C13H18F3NO/c1-10(8-17)12-4-2-11(3-5-12)9-18-7-6-13(14,15)16/h2-5,10H,6-9,17H2,1H3. The van der Waals surface area contributed by atoms with Crippen molar-refractivity contribution in [2.24, 2.45) is 5.73 Å². The molecular weight excluding hydrogens is 243 g/mol. The molecule has 0 bridgehead atoms. The molecule has 102 valence electrons. The first-order valence-corrected chi connectivity index (χ1v) is 5.86. The van der Waals surface area contributed by atoms with Crippen LogP contribution in [0.15, 0.2) is 24.3 Å². The van der Waals surface area contributed by atoms with E-state index in [1.165, 1.54) is 0 Å². The summed E-state index contributed by atoms with van der Waals surface area (Å²) in [6, 6.07) is 7.57. The molecule has 0 aliphatic carbocycles. The highest BCUT2D eigenvalue weighted by Crippen LogP contribution is 2.19. The predicted molar refractivity (Wildman–Crippen MR) is 64.2 cm³/mol. The highest BCUT2D eigenvalue weighted by molar-refractivity contribution is 5.24. The molecule has 0 aromatic heterocycles. The summed E-state index contributed by atoms with van der Waals surface area (Å²) < 4.78 is 40.6. The summed E-state index contributed by atoms with van der Waals surface area (Å²) in [6.45, 7) is 2.49. The fourth-order valence-electron chi connectivity index (χ4n) is 1.46. The molecule has 1 rings (SSSR count). The van der Waals surface area contributed by atoms with Crippen LogP contribution in [0, 0.1) is 0 Å². The van der Waals surface area contributed by atoms with Crippen molar-refractivity contribution in [1.82, 2.24) is 0 Å². The van der Waals surface area contributed by atoms with Crippen LogP contribution < -0.4 is 5.73 Å². The molecule has 0 saturated heterocycles. The predicted octanol–water partition coefficient (Wildman–Crippen LogP) is 3.22. The van der Waals surface area contributed by atoms with Crippen molar-refractivity contribution < 1.29 is 17.9 Å². The first kappa shape index (κ1) is 15.0. The summed E-state index contributed by atoms with van der Waals surface area (Å²) in [5.74, 6) is 0.283. The fraction of sp³-hybridized carbons (Fsp3) is 0.538. The third-order valence-electron chi connectivity index (χ3n) is 2.70. The van der Waals surface area contributed by atoms with E-state index < -0.39 is 12.6 Å². The minimum Gasteiger partial charge on any atom is -0.376 e. The van der Waals surface area contributed by atoms with Crippen LogP contribution in [0.3, 0.4) is 0 Å². The number of ether oxygens (including phenoxy) is 1. The van der Waals surface area contributed by atoms with Gasteiger partial charge < -0.3 is 10.5 Å². The lowest BCUT2D eigenvalue weighted by Crippen LogP contribution is -2.11. The van der Waals surface area contributed by atoms with E-state index in [1.807, 2.05) is 31.2 Å². The zero-order valence-corrected chi connectivity index (χ0v) is 10.3. The highest BCUT2D eigenvalue weighted by atomic mass is 19.4. The molecule has 2 N–H and O–H groups in total. The van der Waals surface area contributed by atoms with Crippen molar-refractivity contribution >= 4 is 0 Å². The van der Waals surface area contributed by atoms with Crippen molar-refractivity contribution in [2.75, 3.05) is 13.2 Å². The molecule has 0 radical (unpaired) electrons. The lowest BCUT2D eigenvalue weighted by molar-refractivity contribution is -0.146. The highest BCUT2D eigenvalue weighted by Gasteiger charge is 2.26. The lowest BCUT2D eigenvalue weighted by atomic mass is 10.0. The molecule has 0 aliphatic heterocycles. The van der Waals surface area contributed by atoms with Crippen LogP contribution in [0.25, 0.3) is 0 Å². The maximum absolute atomic E-state index is 11.9. The Morgan fingerprint density at radius 1 is 1.22 bits per heavy atom. The number of rotatable bonds is 6. The molecule has 0 aliphatic rings. The van der Waals surface area contributed by atoms with Gasteiger partial charge in [-0.2, -0.15) is 13.2 Å². The molecule has 0 amide bonds. The summed E-state index contributed by atoms with van der Waals surface area (Å²) >= 11 is 0. The summed E-state index contributed by atoms with van der Waals surface area (Å²) in [5, 5.41) is 0. The Kier molecular flexibility index (Phi) is 5.62. The van der Waals surface area contributed by atoms with Crippen molar-refractivity contribution in [3.05, 3.63) is 35.4 Å². The van der Waals surface area contributed by atoms with Crippen LogP contribution in [-0.2, 0) is 11.3 Å². The van der Waals surface area contributed by atoms with Crippen LogP contribution in [-0.4, -0.2) is 19.3 Å². The third kappa shape index (κ3) is 5.51. The summed E-state index contributed by atoms with van der Waals surface area (Å²) in [4.78, 5) is 0. The Morgan fingerprint density at radius 3 is 2.33 bits per heavy atom. The maximum atomic E-state index is 11.9. The van der Waals surface area contributed by atoms with Gasteiger partial charge in [-0.25, -0.2) is 0 Å². The minimum absolute atomic E-state index is 0.202. The van der Waals surface area contributed by atoms with E-state index in [4.69, 9.17) is 10.5 Å². The zero-order valence-electron chi connectivity index (χ0n) is 10.3. The molecule has 0 heterocycles. The van der Waals surface area contributed by atoms with E-state index in [0.29, 0.717) is 6.54 Å². The smallest absolute Gasteiger partial charge is 0.376 e. The quantitative estimate of drug-likeness (QED) is 0.798. The SMILES string of the molecule is CC(CN)c1ccc(COCCC(F)(F)F)cc1. The number of benzene rings is 1. The van der Waals surface area contributed by atoms with Gasteiger partial charge >= 0.3 is 6.18 Å². The lowest BCUT2D eigenvalue weighted by Gasteiger charge is -2.10. The van der Waals surface area contributed by atoms with Crippen LogP contribution in [0.2, 0.25) is 0 Å². The Balaban J connectivity index is 2.35. The number of halogens is 3. The average Bonchev–Trinajstić information content (AvgIpc) is 2.33. The van der Waals surface area contributed by atoms with E-state index in [9.17, 15) is 13.2 Å². The topological polar surface area (TPSA) is 35.2 Å². The minimum atomic E-state index is -4.15. The van der Waals surface area contributed by atoms with E-state index in [2.05, 4.69) is 0 Å². The maximum Gasteiger partial charge on any atom is 0.391 e. The summed E-state index contributed by atoms with van der Waals surface area (Å²) in [6.07, 6.45) is -5.06. The van der Waals surface area contributed by atoms with Crippen molar-refractivity contribution in [3.63, 3.8) is 0 Å². The van der Waals surface area contributed by atoms with E-state index in [0.717, 1.165) is 11.1 Å². The Hall–Kier alpha value is -1.07. The van der Waals surface area contributed by atoms with Gasteiger partial charge in [-0.15, -0.1) is 0 Å². The summed E-state index contributed by atoms with van der Waals surface area (Å²) in [7, 11) is 0. The second-order valence-corrected chi connectivity index (χ2v) is 4.30. The fourth-order valence-corrected chi connectivity index (χ4v) is 1.46. The molecule has 1 unspecified atom stereocenters. The molecule has 0 saturated carbocycles. The Morgan fingerprint density at radius 2 is 1.83 bits per heavy atom. The Bertz CT molecular complexity index is 348. The van der Waals surface area contributed by atoms with Crippen LogP contribution in [0.5, 0.6) is 0 Å². The monoisotopic (exact) mass is 261 g/mol. The van der Waals surface area contributed by atoms with Gasteiger partial charge in [-0.05, 0) is 23.6 Å². The van der Waals surface area contributed by atoms with Crippen LogP contribution in [0.1, 0.15) is 30.4 Å². The average molecular weight is 261 g/mol. The molecule has 1 aromatic carbocycles. The van der Waals surface area contributed by atoms with E-state index in [1.54, 1.807) is 0 Å². The largest absolute Gasteiger partial charge is 0.391 e. The number of alkyl halides is 3. The van der Waals surface area contributed by atoms with Gasteiger partial charge in [-0.1, -0.05) is 31.2 Å². The first-order chi connectivity index (χ1) is 8.42. The van der Waals surface area contributed by atoms with Gasteiger partial charge in [0.25, 0.3) is 0 Å². The van der Waals surface area contributed by atoms with Gasteiger partial charge in [0.15, 0.2) is 0 Å². The number of hydrogen-bond acceptors (Lipinski definition) is 2. The first-order valence-electron chi connectivity index (χ1n) is 5.86. The second kappa shape index (κ2) is 6.75. The van der Waals surface area contributed by atoms with Gasteiger partial charge in [0, 0.05) is 0 Å². The number of hydrogen-bond donors (Lipinski definition) is 1. The van der Waals surface area contributed by atoms with Crippen molar-refractivity contribution in [2.45, 2.75) is 32.0 Å². The molecule has 1 aromatic rings. The molecule has 2 nitrogen and oxygen atoms in total. The van der Waals surface area contributed by atoms with Crippen molar-refractivity contribution in [1.29, 1.82) is 0 Å². The molecule has 0 spiro atoms. The molecule has 5 heteroatoms. The van der Waals surface area contributed by atoms with Gasteiger partial charge in [0.2, 0.25) is 0 Å². The summed E-state index contributed by atoms with van der Waals surface area (Å²) in [5.41, 5.74) is 7.54. The van der Waals surface area contributed by atoms with Gasteiger partial charge in [0.1, 0.15) is 0 Å². The molecule has 18 heavy (non-hydrogen) atoms. The molecule has 0 fully saturated rings. The van der Waals surface area contributed by atoms with Gasteiger partial charge in [-0.3, -0.25) is 0 Å². The van der Waals surface area contributed by atoms with Crippen LogP contribution >= 0.6 is 0 Å². The van der Waals surface area contributed by atoms with Crippen LogP contribution in [0.4, 0.5) is 13.2 Å². The number of nitrogens with two attached hydrogens (primary N) is 1. The van der Waals surface area contributed by atoms with E-state index in [-0.39, 0.29) is 19.1 Å². The molecule has 1 atom stereocenters. The van der Waals surface area contributed by atoms with Crippen molar-refractivity contribution in [3.8, 4) is 0 Å². The normalized spacial score (nSPS) is 13.6. The Labute approximate surface area is 105 Å². The van der Waals surface area contributed by atoms with E-state index >= 15 is 0 Å². The third-order valence-corrected chi connectivity index (χ3v) is 2.70.